The van der Waals surface area contributed by atoms with Crippen LogP contribution in [0.4, 0.5) is 0 Å². The van der Waals surface area contributed by atoms with Crippen LogP contribution in [-0.2, 0) is 131 Å². The summed E-state index contributed by atoms with van der Waals surface area (Å²) in [6.07, 6.45) is -18.5. The number of aliphatic hydroxyl groups excluding tert-OH is 2. The van der Waals surface area contributed by atoms with Crippen LogP contribution in [0.15, 0.2) is 273 Å². The molecule has 0 bridgehead atoms. The number of hydrogen-bond acceptors (Lipinski definition) is 17. The van der Waals surface area contributed by atoms with E-state index < -0.39 is 98.2 Å². The molecule has 16 atom stereocenters. The number of aliphatic hydroxyl groups is 2. The normalized spacial score (nSPS) is 26.2. The van der Waals surface area contributed by atoms with E-state index in [1.54, 1.807) is 7.11 Å². The fraction of sp³-hybridized carbons (Fsp3) is 0.349. The summed E-state index contributed by atoms with van der Waals surface area (Å²) in [5.41, 5.74) is 8.13. The van der Waals surface area contributed by atoms with E-state index in [1.807, 2.05) is 273 Å². The van der Waals surface area contributed by atoms with E-state index in [1.165, 1.54) is 0 Å². The molecule has 524 valence electrons. The van der Waals surface area contributed by atoms with Gasteiger partial charge in [0, 0.05) is 7.11 Å². The third-order valence-corrected chi connectivity index (χ3v) is 17.9. The quantitative estimate of drug-likeness (QED) is 0.0383. The number of methoxy groups -OCH3 is 1. The lowest BCUT2D eigenvalue weighted by Crippen LogP contribution is -2.63. The Morgan fingerprint density at radius 3 is 0.820 bits per heavy atom. The van der Waals surface area contributed by atoms with Gasteiger partial charge in [-0.25, -0.2) is 0 Å². The summed E-state index contributed by atoms with van der Waals surface area (Å²) < 4.78 is 104. The molecule has 0 radical (unpaired) electrons. The predicted molar refractivity (Wildman–Crippen MR) is 373 cm³/mol. The molecule has 0 aliphatic carbocycles. The first kappa shape index (κ1) is 72.1. The Balaban J connectivity index is 0.913. The van der Waals surface area contributed by atoms with E-state index >= 15 is 0 Å². The molecule has 3 heterocycles. The molecule has 3 aliphatic rings. The molecule has 3 aliphatic heterocycles. The van der Waals surface area contributed by atoms with Crippen molar-refractivity contribution < 1.29 is 81.3 Å². The third-order valence-electron chi connectivity index (χ3n) is 17.9. The molecule has 17 heteroatoms. The largest absolute Gasteiger partial charge is 0.387 e. The summed E-state index contributed by atoms with van der Waals surface area (Å²) in [7, 11) is 1.55. The number of rotatable bonds is 35. The monoisotopic (exact) mass is 1360 g/mol. The summed E-state index contributed by atoms with van der Waals surface area (Å²) in [5.74, 6) is 0. The van der Waals surface area contributed by atoms with E-state index in [0.29, 0.717) is 0 Å². The van der Waals surface area contributed by atoms with Crippen molar-refractivity contribution in [3.8, 4) is 0 Å². The predicted octanol–water partition coefficient (Wildman–Crippen LogP) is 12.5. The summed E-state index contributed by atoms with van der Waals surface area (Å²) in [5, 5.41) is 26.1. The molecule has 12 rings (SSSR count). The lowest BCUT2D eigenvalue weighted by Gasteiger charge is -2.47. The van der Waals surface area contributed by atoms with Crippen LogP contribution in [-0.4, -0.2) is 135 Å². The van der Waals surface area contributed by atoms with Gasteiger partial charge in [0.25, 0.3) is 0 Å². The highest BCUT2D eigenvalue weighted by molar-refractivity contribution is 5.21. The van der Waals surface area contributed by atoms with Gasteiger partial charge >= 0.3 is 0 Å². The zero-order valence-electron chi connectivity index (χ0n) is 56.2. The van der Waals surface area contributed by atoms with Crippen molar-refractivity contribution in [2.45, 2.75) is 158 Å². The molecule has 3 saturated heterocycles. The number of benzene rings is 9. The van der Waals surface area contributed by atoms with E-state index in [4.69, 9.17) is 71.1 Å². The highest BCUT2D eigenvalue weighted by atomic mass is 16.8. The first-order valence-electron chi connectivity index (χ1n) is 34.3. The Hall–Kier alpha value is -7.70. The molecule has 9 aromatic rings. The second kappa shape index (κ2) is 38.4. The van der Waals surface area contributed by atoms with Gasteiger partial charge in [-0.15, -0.1) is 0 Å². The molecule has 0 aromatic heterocycles. The van der Waals surface area contributed by atoms with Crippen LogP contribution >= 0.6 is 0 Å². The molecule has 3 fully saturated rings. The van der Waals surface area contributed by atoms with E-state index in [9.17, 15) is 10.2 Å². The fourth-order valence-corrected chi connectivity index (χ4v) is 12.6. The lowest BCUT2D eigenvalue weighted by atomic mass is 9.96. The second-order valence-electron chi connectivity index (χ2n) is 25.1. The SMILES string of the molecule is CO[C@H]1O[C@H](CO[C@H]2O[C@H](COCc3ccccc3)[C@@H](O[C@@H]3O[C@H](COCc4ccccc4)[C@H](OCc4ccccc4)[C@H](OCc4ccccc4)[C@H]3OCc3ccccc3)[C@H](OCc3ccccc3)[C@H](O)[C@H]2O)[C@@H](OCc2ccccc2)[C@H](OCc2ccccc2)[C@H]1OCc1ccccc1. The van der Waals surface area contributed by atoms with Crippen molar-refractivity contribution in [1.29, 1.82) is 0 Å². The second-order valence-corrected chi connectivity index (χ2v) is 25.1. The Morgan fingerprint density at radius 2 is 0.490 bits per heavy atom. The minimum atomic E-state index is -1.79. The van der Waals surface area contributed by atoms with Gasteiger partial charge in [0.15, 0.2) is 18.9 Å². The standard InChI is InChI=1S/C83H90O17/c1-86-82-79(94-54-66-43-25-9-26-44-66)77(92-52-64-39-21-7-22-40-64)74(90-50-62-35-17-5-18-36-62)70(98-82)58-96-81-72(85)71(84)76(91-51-63-37-19-6-20-38-63)75(69(97-81)57-88-48-60-31-13-3-14-32-60)100-83-80(95-55-67-45-27-10-28-46-67)78(93-53-65-41-23-8-24-42-65)73(89-49-61-33-15-4-16-34-61)68(99-83)56-87-47-59-29-11-2-12-30-59/h2-46,68-85H,47-58H2,1H3/t68-,69-,70-,71-,72-,73+,74-,75-,76-,77+,78+,79-,80-,81+,82+,83+/m1/s1. The highest BCUT2D eigenvalue weighted by Gasteiger charge is 2.55. The summed E-state index contributed by atoms with van der Waals surface area (Å²) in [4.78, 5) is 0. The molecule has 0 spiro atoms. The molecule has 0 saturated carbocycles. The highest BCUT2D eigenvalue weighted by Crippen LogP contribution is 2.38. The number of ether oxygens (including phenoxy) is 15. The first-order chi connectivity index (χ1) is 49.4. The van der Waals surface area contributed by atoms with Crippen molar-refractivity contribution in [1.82, 2.24) is 0 Å². The van der Waals surface area contributed by atoms with Gasteiger partial charge in [0.1, 0.15) is 79.4 Å². The van der Waals surface area contributed by atoms with Crippen LogP contribution in [0.3, 0.4) is 0 Å². The summed E-state index contributed by atoms with van der Waals surface area (Å²) in [6, 6.07) is 88.3. The van der Waals surface area contributed by atoms with Crippen LogP contribution in [0.1, 0.15) is 50.1 Å². The van der Waals surface area contributed by atoms with Crippen molar-refractivity contribution >= 4 is 0 Å². The van der Waals surface area contributed by atoms with Gasteiger partial charge in [-0.3, -0.25) is 0 Å². The molecule has 0 unspecified atom stereocenters. The van der Waals surface area contributed by atoms with Gasteiger partial charge in [-0.1, -0.05) is 273 Å². The van der Waals surface area contributed by atoms with E-state index in [0.717, 1.165) is 50.1 Å². The summed E-state index contributed by atoms with van der Waals surface area (Å²) >= 11 is 0. The van der Waals surface area contributed by atoms with E-state index in [-0.39, 0.29) is 79.3 Å². The van der Waals surface area contributed by atoms with Crippen LogP contribution in [0.5, 0.6) is 0 Å². The smallest absolute Gasteiger partial charge is 0.187 e. The maximum Gasteiger partial charge on any atom is 0.187 e. The Kier molecular flexibility index (Phi) is 27.7. The van der Waals surface area contributed by atoms with Crippen LogP contribution in [0.25, 0.3) is 0 Å². The van der Waals surface area contributed by atoms with Gasteiger partial charge in [0.05, 0.1) is 79.3 Å². The number of hydrogen-bond donors (Lipinski definition) is 2. The fourth-order valence-electron chi connectivity index (χ4n) is 12.6. The van der Waals surface area contributed by atoms with E-state index in [2.05, 4.69) is 0 Å². The minimum Gasteiger partial charge on any atom is -0.387 e. The van der Waals surface area contributed by atoms with Crippen molar-refractivity contribution in [2.75, 3.05) is 26.9 Å². The van der Waals surface area contributed by atoms with Crippen molar-refractivity contribution in [3.63, 3.8) is 0 Å². The minimum absolute atomic E-state index is 0.0154. The zero-order chi connectivity index (χ0) is 68.3. The summed E-state index contributed by atoms with van der Waals surface area (Å²) in [6.45, 7) is 1.04. The molecule has 2 N–H and O–H groups in total. The molecule has 0 amide bonds. The van der Waals surface area contributed by atoms with Gasteiger partial charge in [-0.05, 0) is 50.1 Å². The van der Waals surface area contributed by atoms with Crippen molar-refractivity contribution in [2.24, 2.45) is 0 Å². The molecule has 100 heavy (non-hydrogen) atoms. The van der Waals surface area contributed by atoms with Crippen molar-refractivity contribution in [3.05, 3.63) is 323 Å². The van der Waals surface area contributed by atoms with Crippen LogP contribution < -0.4 is 0 Å². The lowest BCUT2D eigenvalue weighted by molar-refractivity contribution is -0.352. The van der Waals surface area contributed by atoms with Crippen LogP contribution in [0, 0.1) is 0 Å². The Bertz CT molecular complexity index is 3670. The Labute approximate surface area is 586 Å². The molecular formula is C83H90O17. The Morgan fingerprint density at radius 1 is 0.240 bits per heavy atom. The third kappa shape index (κ3) is 20.7. The maximum absolute atomic E-state index is 13.1. The van der Waals surface area contributed by atoms with Gasteiger partial charge in [0.2, 0.25) is 0 Å². The molecular weight excluding hydrogens is 1270 g/mol. The van der Waals surface area contributed by atoms with Crippen LogP contribution in [0.2, 0.25) is 0 Å². The first-order valence-corrected chi connectivity index (χ1v) is 34.3. The zero-order valence-corrected chi connectivity index (χ0v) is 56.2. The average molecular weight is 1360 g/mol. The molecule has 9 aromatic carbocycles. The average Bonchev–Trinajstić information content (AvgIpc) is 1.52. The maximum atomic E-state index is 13.1. The van der Waals surface area contributed by atoms with Gasteiger partial charge in [-0.2, -0.15) is 0 Å². The molecule has 17 nitrogen and oxygen atoms in total. The van der Waals surface area contributed by atoms with Gasteiger partial charge < -0.3 is 81.3 Å². The topological polar surface area (TPSA) is 179 Å².